The molecule has 0 aliphatic rings. The molecule has 1 heterocycles. The van der Waals surface area contributed by atoms with Crippen LogP contribution in [-0.4, -0.2) is 5.97 Å². The SMILES string of the molecule is C=COC(=O)C[n+]1c(/C=C/c2ccccc2)sc2ccccc21. The molecule has 114 valence electrons. The fourth-order valence-electron chi connectivity index (χ4n) is 2.33. The highest BCUT2D eigenvalue weighted by Gasteiger charge is 2.21. The van der Waals surface area contributed by atoms with Crippen LogP contribution in [0, 0.1) is 0 Å². The number of rotatable bonds is 5. The number of para-hydroxylation sites is 1. The zero-order chi connectivity index (χ0) is 16.1. The van der Waals surface area contributed by atoms with E-state index in [1.807, 2.05) is 65.3 Å². The number of hydrogen-bond donors (Lipinski definition) is 0. The van der Waals surface area contributed by atoms with Crippen molar-refractivity contribution in [3.05, 3.63) is 78.0 Å². The van der Waals surface area contributed by atoms with E-state index in [4.69, 9.17) is 4.74 Å². The summed E-state index contributed by atoms with van der Waals surface area (Å²) in [6.45, 7) is 3.58. The Labute approximate surface area is 138 Å². The maximum atomic E-state index is 11.8. The van der Waals surface area contributed by atoms with Crippen molar-refractivity contribution < 1.29 is 14.1 Å². The lowest BCUT2D eigenvalue weighted by atomic mass is 10.2. The topological polar surface area (TPSA) is 30.2 Å². The molecule has 4 heteroatoms. The third kappa shape index (κ3) is 3.55. The highest BCUT2D eigenvalue weighted by molar-refractivity contribution is 7.18. The number of hydrogen-bond acceptors (Lipinski definition) is 3. The number of esters is 1. The molecule has 0 amide bonds. The quantitative estimate of drug-likeness (QED) is 0.403. The van der Waals surface area contributed by atoms with Crippen molar-refractivity contribution in [2.75, 3.05) is 0 Å². The maximum absolute atomic E-state index is 11.8. The van der Waals surface area contributed by atoms with Crippen molar-refractivity contribution in [2.24, 2.45) is 0 Å². The van der Waals surface area contributed by atoms with E-state index in [0.29, 0.717) is 0 Å². The van der Waals surface area contributed by atoms with Gasteiger partial charge in [-0.2, -0.15) is 4.57 Å². The van der Waals surface area contributed by atoms with E-state index in [2.05, 4.69) is 12.6 Å². The molecule has 0 radical (unpaired) electrons. The van der Waals surface area contributed by atoms with Crippen molar-refractivity contribution in [2.45, 2.75) is 6.54 Å². The summed E-state index contributed by atoms with van der Waals surface area (Å²) in [7, 11) is 0. The Balaban J connectivity index is 1.99. The monoisotopic (exact) mass is 322 g/mol. The summed E-state index contributed by atoms with van der Waals surface area (Å²) in [5.41, 5.74) is 2.14. The summed E-state index contributed by atoms with van der Waals surface area (Å²) < 4.78 is 7.96. The van der Waals surface area contributed by atoms with Gasteiger partial charge in [0.15, 0.2) is 0 Å². The van der Waals surface area contributed by atoms with Crippen LogP contribution >= 0.6 is 11.3 Å². The number of benzene rings is 2. The first kappa shape index (κ1) is 15.2. The van der Waals surface area contributed by atoms with Crippen LogP contribution in [0.2, 0.25) is 0 Å². The molecule has 3 aromatic rings. The molecule has 0 bridgehead atoms. The first-order valence-electron chi connectivity index (χ1n) is 7.23. The van der Waals surface area contributed by atoms with Gasteiger partial charge in [0.2, 0.25) is 12.1 Å². The van der Waals surface area contributed by atoms with E-state index in [1.165, 1.54) is 0 Å². The summed E-state index contributed by atoms with van der Waals surface area (Å²) in [5.74, 6) is -0.331. The van der Waals surface area contributed by atoms with Gasteiger partial charge in [0.25, 0.3) is 5.01 Å². The molecule has 0 saturated heterocycles. The fourth-order valence-corrected chi connectivity index (χ4v) is 3.39. The number of ether oxygens (including phenoxy) is 1. The van der Waals surface area contributed by atoms with Gasteiger partial charge < -0.3 is 4.74 Å². The molecule has 0 N–H and O–H groups in total. The van der Waals surface area contributed by atoms with Crippen molar-refractivity contribution in [1.29, 1.82) is 0 Å². The number of carbonyl (C=O) groups is 1. The third-order valence-corrected chi connectivity index (χ3v) is 4.49. The largest absolute Gasteiger partial charge is 0.430 e. The van der Waals surface area contributed by atoms with E-state index in [0.717, 1.165) is 27.0 Å². The van der Waals surface area contributed by atoms with Gasteiger partial charge in [0.1, 0.15) is 4.70 Å². The molecule has 0 aliphatic carbocycles. The molecule has 0 spiro atoms. The van der Waals surface area contributed by atoms with Crippen LogP contribution in [0.4, 0.5) is 0 Å². The van der Waals surface area contributed by atoms with Crippen LogP contribution in [0.25, 0.3) is 22.4 Å². The minimum Gasteiger partial charge on any atom is -0.430 e. The predicted octanol–water partition coefficient (Wildman–Crippen LogP) is 4.05. The van der Waals surface area contributed by atoms with Gasteiger partial charge in [-0.05, 0) is 17.7 Å². The first-order chi connectivity index (χ1) is 11.3. The molecule has 3 rings (SSSR count). The molecular formula is C19H16NO2S+. The molecule has 2 aromatic carbocycles. The molecule has 0 atom stereocenters. The molecule has 1 aromatic heterocycles. The normalized spacial score (nSPS) is 11.0. The van der Waals surface area contributed by atoms with Crippen molar-refractivity contribution >= 4 is 39.7 Å². The number of nitrogens with zero attached hydrogens (tertiary/aromatic N) is 1. The lowest BCUT2D eigenvalue weighted by Crippen LogP contribution is -2.39. The Kier molecular flexibility index (Phi) is 4.64. The van der Waals surface area contributed by atoms with Crippen LogP contribution in [0.3, 0.4) is 0 Å². The zero-order valence-corrected chi connectivity index (χ0v) is 13.3. The van der Waals surface area contributed by atoms with Crippen molar-refractivity contribution in [3.63, 3.8) is 0 Å². The van der Waals surface area contributed by atoms with E-state index < -0.39 is 0 Å². The van der Waals surface area contributed by atoms with Crippen LogP contribution < -0.4 is 4.57 Å². The Morgan fingerprint density at radius 1 is 1.09 bits per heavy atom. The molecule has 3 nitrogen and oxygen atoms in total. The third-order valence-electron chi connectivity index (χ3n) is 3.36. The van der Waals surface area contributed by atoms with Gasteiger partial charge in [-0.3, -0.25) is 0 Å². The number of aromatic nitrogens is 1. The van der Waals surface area contributed by atoms with E-state index in [1.54, 1.807) is 11.3 Å². The molecule has 0 aliphatic heterocycles. The van der Waals surface area contributed by atoms with Crippen LogP contribution in [0.5, 0.6) is 0 Å². The van der Waals surface area contributed by atoms with Gasteiger partial charge >= 0.3 is 5.97 Å². The second kappa shape index (κ2) is 7.03. The van der Waals surface area contributed by atoms with Crippen molar-refractivity contribution in [3.8, 4) is 0 Å². The smallest absolute Gasteiger partial charge is 0.377 e. The number of carbonyl (C=O) groups excluding carboxylic acids is 1. The molecule has 0 fully saturated rings. The second-order valence-corrected chi connectivity index (χ2v) is 5.96. The number of thiazole rings is 1. The summed E-state index contributed by atoms with van der Waals surface area (Å²) in [4.78, 5) is 11.8. The maximum Gasteiger partial charge on any atom is 0.377 e. The minimum absolute atomic E-state index is 0.157. The van der Waals surface area contributed by atoms with Crippen LogP contribution in [-0.2, 0) is 16.1 Å². The second-order valence-electron chi connectivity index (χ2n) is 4.89. The van der Waals surface area contributed by atoms with Crippen molar-refractivity contribution in [1.82, 2.24) is 0 Å². The Bertz CT molecular complexity index is 865. The molecule has 0 unspecified atom stereocenters. The molecule has 23 heavy (non-hydrogen) atoms. The van der Waals surface area contributed by atoms with Gasteiger partial charge in [-0.25, -0.2) is 4.79 Å². The summed E-state index contributed by atoms with van der Waals surface area (Å²) in [6.07, 6.45) is 5.23. The van der Waals surface area contributed by atoms with E-state index in [-0.39, 0.29) is 12.5 Å². The Morgan fingerprint density at radius 3 is 2.61 bits per heavy atom. The average molecular weight is 322 g/mol. The van der Waals surface area contributed by atoms with Gasteiger partial charge in [-0.15, -0.1) is 0 Å². The molecule has 0 saturated carbocycles. The lowest BCUT2D eigenvalue weighted by Gasteiger charge is -1.96. The highest BCUT2D eigenvalue weighted by atomic mass is 32.1. The van der Waals surface area contributed by atoms with E-state index >= 15 is 0 Å². The summed E-state index contributed by atoms with van der Waals surface area (Å²) in [5, 5.41) is 0.996. The number of fused-ring (bicyclic) bond motifs is 1. The highest BCUT2D eigenvalue weighted by Crippen LogP contribution is 2.22. The summed E-state index contributed by atoms with van der Waals surface area (Å²) in [6, 6.07) is 18.1. The Morgan fingerprint density at radius 2 is 1.83 bits per heavy atom. The van der Waals surface area contributed by atoms with Gasteiger partial charge in [0.05, 0.1) is 6.26 Å². The fraction of sp³-hybridized carbons (Fsp3) is 0.0526. The first-order valence-corrected chi connectivity index (χ1v) is 8.04. The van der Waals surface area contributed by atoms with E-state index in [9.17, 15) is 4.79 Å². The zero-order valence-electron chi connectivity index (χ0n) is 12.5. The lowest BCUT2D eigenvalue weighted by molar-refractivity contribution is -0.657. The summed E-state index contributed by atoms with van der Waals surface area (Å²) >= 11 is 1.65. The van der Waals surface area contributed by atoms with Gasteiger partial charge in [0, 0.05) is 12.1 Å². The van der Waals surface area contributed by atoms with Crippen LogP contribution in [0.15, 0.2) is 67.4 Å². The van der Waals surface area contributed by atoms with Crippen LogP contribution in [0.1, 0.15) is 10.6 Å². The predicted molar refractivity (Wildman–Crippen MR) is 93.7 cm³/mol. The standard InChI is InChI=1S/C19H16NO2S/c1-2-22-19(21)14-20-16-10-6-7-11-17(16)23-18(20)13-12-15-8-4-3-5-9-15/h2-13H,1,14H2/q+1/b13-12+. The minimum atomic E-state index is -0.331. The average Bonchev–Trinajstić information content (AvgIpc) is 2.92. The Hall–Kier alpha value is -2.72. The van der Waals surface area contributed by atoms with Gasteiger partial charge in [-0.1, -0.05) is 60.4 Å². The molecular weight excluding hydrogens is 306 g/mol.